The van der Waals surface area contributed by atoms with Gasteiger partial charge in [-0.1, -0.05) is 30.7 Å². The molecule has 16 heavy (non-hydrogen) atoms. The number of benzene rings is 1. The topological polar surface area (TPSA) is 3.24 Å². The molecule has 0 unspecified atom stereocenters. The molecule has 0 atom stereocenters. The monoisotopic (exact) mass is 209 g/mol. The fourth-order valence-electron chi connectivity index (χ4n) is 2.03. The highest BCUT2D eigenvalue weighted by molar-refractivity contribution is 5.90. The third-order valence-electron chi connectivity index (χ3n) is 2.86. The Labute approximate surface area is 97.1 Å². The minimum atomic E-state index is 1.04. The highest BCUT2D eigenvalue weighted by Crippen LogP contribution is 2.33. The Balaban J connectivity index is 2.71. The molecule has 0 aliphatic carbocycles. The van der Waals surface area contributed by atoms with Gasteiger partial charge in [-0.25, -0.2) is 0 Å². The first-order valence-corrected chi connectivity index (χ1v) is 5.32. The minimum absolute atomic E-state index is 1.04. The second-order valence-electron chi connectivity index (χ2n) is 3.97. The second-order valence-corrected chi connectivity index (χ2v) is 3.97. The van der Waals surface area contributed by atoms with Crippen molar-refractivity contribution in [1.82, 2.24) is 4.90 Å². The quantitative estimate of drug-likeness (QED) is 0.593. The lowest BCUT2D eigenvalue weighted by molar-refractivity contribution is 0.653. The van der Waals surface area contributed by atoms with E-state index >= 15 is 0 Å². The Hall–Kier alpha value is -1.94. The van der Waals surface area contributed by atoms with Crippen molar-refractivity contribution in [3.63, 3.8) is 0 Å². The van der Waals surface area contributed by atoms with Crippen molar-refractivity contribution in [2.24, 2.45) is 0 Å². The van der Waals surface area contributed by atoms with Crippen LogP contribution in [0.2, 0.25) is 0 Å². The summed E-state index contributed by atoms with van der Waals surface area (Å²) in [5.74, 6) is 6.11. The largest absolute Gasteiger partial charge is 0.350 e. The summed E-state index contributed by atoms with van der Waals surface area (Å²) in [5, 5.41) is 0. The van der Waals surface area contributed by atoms with Crippen molar-refractivity contribution in [2.75, 3.05) is 7.05 Å². The lowest BCUT2D eigenvalue weighted by Crippen LogP contribution is -2.16. The molecule has 1 heteroatoms. The fraction of sp³-hybridized carbons (Fsp3) is 0.200. The van der Waals surface area contributed by atoms with Gasteiger partial charge in [0.25, 0.3) is 0 Å². The van der Waals surface area contributed by atoms with Crippen LogP contribution in [-0.4, -0.2) is 11.9 Å². The Kier molecular flexibility index (Phi) is 2.58. The van der Waals surface area contributed by atoms with Gasteiger partial charge in [0.2, 0.25) is 0 Å². The first-order chi connectivity index (χ1) is 7.65. The number of allylic oxidation sites excluding steroid dienone is 1. The van der Waals surface area contributed by atoms with E-state index in [4.69, 9.17) is 0 Å². The number of aryl methyl sites for hydroxylation is 1. The molecule has 1 aliphatic rings. The molecule has 0 aromatic heterocycles. The summed E-state index contributed by atoms with van der Waals surface area (Å²) in [4.78, 5) is 2.04. The number of hydrogen-bond acceptors (Lipinski definition) is 1. The van der Waals surface area contributed by atoms with E-state index in [0.717, 1.165) is 11.3 Å². The Bertz CT molecular complexity index is 538. The maximum absolute atomic E-state index is 4.13. The van der Waals surface area contributed by atoms with Gasteiger partial charge in [-0.05, 0) is 19.4 Å². The molecular formula is C15H15N. The molecule has 2 rings (SSSR count). The van der Waals surface area contributed by atoms with Crippen LogP contribution in [0.1, 0.15) is 23.6 Å². The van der Waals surface area contributed by atoms with Crippen LogP contribution in [-0.2, 0) is 0 Å². The fourth-order valence-corrected chi connectivity index (χ4v) is 2.03. The molecule has 1 heterocycles. The highest BCUT2D eigenvalue weighted by Gasteiger charge is 2.18. The molecule has 0 saturated carbocycles. The van der Waals surface area contributed by atoms with E-state index in [0.29, 0.717) is 0 Å². The molecule has 0 fully saturated rings. The lowest BCUT2D eigenvalue weighted by Gasteiger charge is -2.27. The van der Waals surface area contributed by atoms with Gasteiger partial charge in [0, 0.05) is 35.6 Å². The van der Waals surface area contributed by atoms with Gasteiger partial charge in [0.15, 0.2) is 0 Å². The summed E-state index contributed by atoms with van der Waals surface area (Å²) in [6.45, 7) is 8.10. The molecule has 80 valence electrons. The van der Waals surface area contributed by atoms with Crippen molar-refractivity contribution in [2.45, 2.75) is 13.8 Å². The van der Waals surface area contributed by atoms with E-state index in [1.807, 2.05) is 25.1 Å². The second kappa shape index (κ2) is 3.90. The molecule has 1 aliphatic heterocycles. The summed E-state index contributed by atoms with van der Waals surface area (Å²) in [7, 11) is 2.01. The Morgan fingerprint density at radius 3 is 2.75 bits per heavy atom. The molecular weight excluding hydrogens is 194 g/mol. The minimum Gasteiger partial charge on any atom is -0.350 e. The molecule has 0 N–H and O–H groups in total. The first kappa shape index (κ1) is 10.6. The van der Waals surface area contributed by atoms with Crippen LogP contribution < -0.4 is 0 Å². The van der Waals surface area contributed by atoms with Crippen molar-refractivity contribution in [1.29, 1.82) is 0 Å². The normalized spacial score (nSPS) is 13.8. The molecule has 0 saturated heterocycles. The summed E-state index contributed by atoms with van der Waals surface area (Å²) < 4.78 is 0. The van der Waals surface area contributed by atoms with Crippen LogP contribution in [0.3, 0.4) is 0 Å². The summed E-state index contributed by atoms with van der Waals surface area (Å²) in [6.07, 6.45) is 2.04. The first-order valence-electron chi connectivity index (χ1n) is 5.32. The third kappa shape index (κ3) is 1.53. The van der Waals surface area contributed by atoms with Gasteiger partial charge in [0.1, 0.15) is 0 Å². The van der Waals surface area contributed by atoms with Crippen LogP contribution in [0.25, 0.3) is 11.3 Å². The maximum Gasteiger partial charge on any atom is 0.0486 e. The van der Waals surface area contributed by atoms with E-state index in [2.05, 4.69) is 43.5 Å². The number of hydrogen-bond donors (Lipinski definition) is 0. The zero-order chi connectivity index (χ0) is 11.7. The maximum atomic E-state index is 4.13. The van der Waals surface area contributed by atoms with Crippen LogP contribution in [0.4, 0.5) is 0 Å². The molecule has 1 aromatic rings. The van der Waals surface area contributed by atoms with Gasteiger partial charge in [-0.3, -0.25) is 0 Å². The SMILES string of the molecule is C=C1c2c(C)cccc2C(C#CC)=CN1C. The van der Waals surface area contributed by atoms with Gasteiger partial charge < -0.3 is 4.90 Å². The van der Waals surface area contributed by atoms with E-state index < -0.39 is 0 Å². The van der Waals surface area contributed by atoms with Crippen LogP contribution >= 0.6 is 0 Å². The van der Waals surface area contributed by atoms with Crippen molar-refractivity contribution in [3.05, 3.63) is 47.7 Å². The van der Waals surface area contributed by atoms with Crippen LogP contribution in [0.15, 0.2) is 31.0 Å². The van der Waals surface area contributed by atoms with Crippen LogP contribution in [0.5, 0.6) is 0 Å². The van der Waals surface area contributed by atoms with Crippen LogP contribution in [0, 0.1) is 18.8 Å². The molecule has 1 nitrogen and oxygen atoms in total. The van der Waals surface area contributed by atoms with Gasteiger partial charge in [0.05, 0.1) is 0 Å². The highest BCUT2D eigenvalue weighted by atomic mass is 15.1. The average Bonchev–Trinajstić information content (AvgIpc) is 2.25. The van der Waals surface area contributed by atoms with Crippen molar-refractivity contribution < 1.29 is 0 Å². The predicted molar refractivity (Wildman–Crippen MR) is 69.4 cm³/mol. The van der Waals surface area contributed by atoms with E-state index in [-0.39, 0.29) is 0 Å². The van der Waals surface area contributed by atoms with E-state index in [1.165, 1.54) is 16.7 Å². The van der Waals surface area contributed by atoms with E-state index in [1.54, 1.807) is 0 Å². The van der Waals surface area contributed by atoms with E-state index in [9.17, 15) is 0 Å². The summed E-state index contributed by atoms with van der Waals surface area (Å²) in [6, 6.07) is 6.29. The van der Waals surface area contributed by atoms with Gasteiger partial charge in [-0.2, -0.15) is 0 Å². The Morgan fingerprint density at radius 2 is 2.06 bits per heavy atom. The standard InChI is InChI=1S/C15H15N/c1-5-7-13-10-16(4)12(3)15-11(2)8-6-9-14(13)15/h6,8-10H,3H2,1-2,4H3. The molecule has 1 aromatic carbocycles. The average molecular weight is 209 g/mol. The number of rotatable bonds is 0. The molecule has 0 bridgehead atoms. The third-order valence-corrected chi connectivity index (χ3v) is 2.86. The number of nitrogens with zero attached hydrogens (tertiary/aromatic N) is 1. The molecule has 0 spiro atoms. The van der Waals surface area contributed by atoms with Gasteiger partial charge >= 0.3 is 0 Å². The smallest absolute Gasteiger partial charge is 0.0486 e. The zero-order valence-corrected chi connectivity index (χ0v) is 9.96. The van der Waals surface area contributed by atoms with Crippen molar-refractivity contribution in [3.8, 4) is 11.8 Å². The summed E-state index contributed by atoms with van der Waals surface area (Å²) >= 11 is 0. The van der Waals surface area contributed by atoms with Gasteiger partial charge in [-0.15, -0.1) is 5.92 Å². The molecule has 0 radical (unpaired) electrons. The number of fused-ring (bicyclic) bond motifs is 1. The lowest BCUT2D eigenvalue weighted by atomic mass is 9.92. The molecule has 0 amide bonds. The predicted octanol–water partition coefficient (Wildman–Crippen LogP) is 3.28. The Morgan fingerprint density at radius 1 is 1.31 bits per heavy atom. The zero-order valence-electron chi connectivity index (χ0n) is 9.96. The van der Waals surface area contributed by atoms with Crippen molar-refractivity contribution >= 4 is 11.3 Å². The summed E-state index contributed by atoms with van der Waals surface area (Å²) in [5.41, 5.74) is 5.76.